The van der Waals surface area contributed by atoms with Crippen LogP contribution in [0.25, 0.3) is 0 Å². The van der Waals surface area contributed by atoms with Gasteiger partial charge in [-0.05, 0) is 56.8 Å². The minimum Gasteiger partial charge on any atom is -0.355 e. The summed E-state index contributed by atoms with van der Waals surface area (Å²) in [7, 11) is 0. The molecule has 1 heterocycles. The molecule has 3 heteroatoms. The van der Waals surface area contributed by atoms with Gasteiger partial charge in [-0.25, -0.2) is 0 Å². The van der Waals surface area contributed by atoms with Gasteiger partial charge in [0.05, 0.1) is 6.42 Å². The van der Waals surface area contributed by atoms with Crippen molar-refractivity contribution in [3.8, 4) is 0 Å². The fraction of sp³-hybridized carbons (Fsp3) is 0.562. The maximum Gasteiger partial charge on any atom is 0.224 e. The summed E-state index contributed by atoms with van der Waals surface area (Å²) in [4.78, 5) is 12.0. The summed E-state index contributed by atoms with van der Waals surface area (Å²) >= 11 is 0. The Hall–Kier alpha value is -1.35. The zero-order valence-electron chi connectivity index (χ0n) is 12.0. The van der Waals surface area contributed by atoms with Crippen LogP contribution in [0.2, 0.25) is 0 Å². The van der Waals surface area contributed by atoms with Gasteiger partial charge in [0.2, 0.25) is 5.91 Å². The number of piperidine rings is 1. The summed E-state index contributed by atoms with van der Waals surface area (Å²) in [6.45, 7) is 7.08. The fourth-order valence-electron chi connectivity index (χ4n) is 2.58. The molecule has 0 unspecified atom stereocenters. The highest BCUT2D eigenvalue weighted by Gasteiger charge is 2.14. The Morgan fingerprint density at radius 2 is 2.26 bits per heavy atom. The van der Waals surface area contributed by atoms with E-state index in [9.17, 15) is 4.79 Å². The molecule has 1 aliphatic heterocycles. The van der Waals surface area contributed by atoms with Gasteiger partial charge < -0.3 is 10.6 Å². The van der Waals surface area contributed by atoms with Crippen LogP contribution in [0.15, 0.2) is 18.2 Å². The molecule has 0 aliphatic carbocycles. The van der Waals surface area contributed by atoms with Gasteiger partial charge in [-0.15, -0.1) is 0 Å². The lowest BCUT2D eigenvalue weighted by Crippen LogP contribution is -2.38. The smallest absolute Gasteiger partial charge is 0.224 e. The van der Waals surface area contributed by atoms with Crippen LogP contribution in [0.1, 0.15) is 29.5 Å². The van der Waals surface area contributed by atoms with Crippen molar-refractivity contribution in [3.63, 3.8) is 0 Å². The average Bonchev–Trinajstić information content (AvgIpc) is 2.42. The third-order valence-corrected chi connectivity index (χ3v) is 3.84. The Kier molecular flexibility index (Phi) is 4.97. The van der Waals surface area contributed by atoms with E-state index in [4.69, 9.17) is 0 Å². The molecule has 1 aromatic carbocycles. The molecule has 1 amide bonds. The fourth-order valence-corrected chi connectivity index (χ4v) is 2.58. The highest BCUT2D eigenvalue weighted by molar-refractivity contribution is 5.79. The van der Waals surface area contributed by atoms with Gasteiger partial charge in [-0.2, -0.15) is 0 Å². The molecule has 0 radical (unpaired) electrons. The van der Waals surface area contributed by atoms with Gasteiger partial charge in [0, 0.05) is 6.54 Å². The molecule has 3 nitrogen and oxygen atoms in total. The molecular weight excluding hydrogens is 236 g/mol. The molecule has 1 fully saturated rings. The summed E-state index contributed by atoms with van der Waals surface area (Å²) in [5.74, 6) is 0.732. The van der Waals surface area contributed by atoms with Crippen LogP contribution in [0.4, 0.5) is 0 Å². The first-order chi connectivity index (χ1) is 9.15. The van der Waals surface area contributed by atoms with Crippen LogP contribution in [0, 0.1) is 19.8 Å². The first-order valence-corrected chi connectivity index (χ1v) is 7.18. The number of amides is 1. The quantitative estimate of drug-likeness (QED) is 0.869. The molecule has 0 aromatic heterocycles. The molecule has 1 atom stereocenters. The summed E-state index contributed by atoms with van der Waals surface area (Å²) in [6, 6.07) is 6.28. The standard InChI is InChI=1S/C16H24N2O/c1-12-5-6-13(2)15(8-12)9-16(19)18-11-14-4-3-7-17-10-14/h5-6,8,14,17H,3-4,7,9-11H2,1-2H3,(H,18,19)/t14-/m0/s1. The second-order valence-electron chi connectivity index (χ2n) is 5.62. The number of hydrogen-bond acceptors (Lipinski definition) is 2. The maximum atomic E-state index is 12.0. The molecule has 104 valence electrons. The van der Waals surface area contributed by atoms with Crippen molar-refractivity contribution < 1.29 is 4.79 Å². The lowest BCUT2D eigenvalue weighted by Gasteiger charge is -2.22. The molecule has 2 rings (SSSR count). The zero-order chi connectivity index (χ0) is 13.7. The van der Waals surface area contributed by atoms with Gasteiger partial charge >= 0.3 is 0 Å². The Morgan fingerprint density at radius 3 is 3.00 bits per heavy atom. The first kappa shape index (κ1) is 14.1. The summed E-state index contributed by atoms with van der Waals surface area (Å²) in [6.07, 6.45) is 2.93. The SMILES string of the molecule is Cc1ccc(C)c(CC(=O)NC[C@H]2CCCNC2)c1. The third-order valence-electron chi connectivity index (χ3n) is 3.84. The molecule has 1 aromatic rings. The Bertz CT molecular complexity index is 436. The summed E-state index contributed by atoms with van der Waals surface area (Å²) in [5, 5.41) is 6.44. The van der Waals surface area contributed by atoms with Gasteiger partial charge in [0.25, 0.3) is 0 Å². The minimum atomic E-state index is 0.138. The van der Waals surface area contributed by atoms with E-state index in [2.05, 4.69) is 42.7 Å². The van der Waals surface area contributed by atoms with Crippen LogP contribution in [-0.4, -0.2) is 25.5 Å². The molecule has 1 saturated heterocycles. The topological polar surface area (TPSA) is 41.1 Å². The van der Waals surface area contributed by atoms with Crippen molar-refractivity contribution >= 4 is 5.91 Å². The second-order valence-corrected chi connectivity index (χ2v) is 5.62. The normalized spacial score (nSPS) is 19.2. The van der Waals surface area contributed by atoms with Crippen LogP contribution in [-0.2, 0) is 11.2 Å². The number of carbonyl (C=O) groups excluding carboxylic acids is 1. The monoisotopic (exact) mass is 260 g/mol. The van der Waals surface area contributed by atoms with Gasteiger partial charge in [-0.1, -0.05) is 23.8 Å². The highest BCUT2D eigenvalue weighted by Crippen LogP contribution is 2.12. The first-order valence-electron chi connectivity index (χ1n) is 7.18. The van der Waals surface area contributed by atoms with Gasteiger partial charge in [0.1, 0.15) is 0 Å². The molecular formula is C16H24N2O. The van der Waals surface area contributed by atoms with Crippen LogP contribution < -0.4 is 10.6 Å². The van der Waals surface area contributed by atoms with Crippen LogP contribution >= 0.6 is 0 Å². The molecule has 0 spiro atoms. The molecule has 0 saturated carbocycles. The lowest BCUT2D eigenvalue weighted by atomic mass is 9.99. The molecule has 2 N–H and O–H groups in total. The Morgan fingerprint density at radius 1 is 1.42 bits per heavy atom. The average molecular weight is 260 g/mol. The highest BCUT2D eigenvalue weighted by atomic mass is 16.1. The van der Waals surface area contributed by atoms with E-state index < -0.39 is 0 Å². The minimum absolute atomic E-state index is 0.138. The molecule has 1 aliphatic rings. The summed E-state index contributed by atoms with van der Waals surface area (Å²) < 4.78 is 0. The zero-order valence-corrected chi connectivity index (χ0v) is 12.0. The van der Waals surface area contributed by atoms with E-state index in [1.807, 2.05) is 0 Å². The van der Waals surface area contributed by atoms with E-state index in [0.717, 1.165) is 25.2 Å². The number of nitrogens with one attached hydrogen (secondary N) is 2. The van der Waals surface area contributed by atoms with Crippen molar-refractivity contribution in [2.45, 2.75) is 33.1 Å². The van der Waals surface area contributed by atoms with Crippen molar-refractivity contribution in [3.05, 3.63) is 34.9 Å². The number of carbonyl (C=O) groups is 1. The predicted octanol–water partition coefficient (Wildman–Crippen LogP) is 1.96. The van der Waals surface area contributed by atoms with E-state index in [1.165, 1.54) is 24.0 Å². The predicted molar refractivity (Wildman–Crippen MR) is 78.2 cm³/mol. The van der Waals surface area contributed by atoms with Crippen molar-refractivity contribution in [2.75, 3.05) is 19.6 Å². The van der Waals surface area contributed by atoms with Crippen LogP contribution in [0.3, 0.4) is 0 Å². The second kappa shape index (κ2) is 6.71. The number of benzene rings is 1. The van der Waals surface area contributed by atoms with E-state index >= 15 is 0 Å². The van der Waals surface area contributed by atoms with E-state index in [1.54, 1.807) is 0 Å². The van der Waals surface area contributed by atoms with E-state index in [-0.39, 0.29) is 5.91 Å². The molecule has 0 bridgehead atoms. The Labute approximate surface area is 115 Å². The number of hydrogen-bond donors (Lipinski definition) is 2. The molecule has 19 heavy (non-hydrogen) atoms. The van der Waals surface area contributed by atoms with Crippen molar-refractivity contribution in [2.24, 2.45) is 5.92 Å². The largest absolute Gasteiger partial charge is 0.355 e. The van der Waals surface area contributed by atoms with Gasteiger partial charge in [-0.3, -0.25) is 4.79 Å². The lowest BCUT2D eigenvalue weighted by molar-refractivity contribution is -0.120. The number of rotatable bonds is 4. The Balaban J connectivity index is 1.81. The van der Waals surface area contributed by atoms with Crippen molar-refractivity contribution in [1.82, 2.24) is 10.6 Å². The third kappa shape index (κ3) is 4.35. The van der Waals surface area contributed by atoms with Crippen molar-refractivity contribution in [1.29, 1.82) is 0 Å². The van der Waals surface area contributed by atoms with Crippen LogP contribution in [0.5, 0.6) is 0 Å². The summed E-state index contributed by atoms with van der Waals surface area (Å²) in [5.41, 5.74) is 3.55. The van der Waals surface area contributed by atoms with Gasteiger partial charge in [0.15, 0.2) is 0 Å². The van der Waals surface area contributed by atoms with E-state index in [0.29, 0.717) is 12.3 Å². The maximum absolute atomic E-state index is 12.0. The number of aryl methyl sites for hydroxylation is 2.